The van der Waals surface area contributed by atoms with Gasteiger partial charge in [-0.3, -0.25) is 0 Å². The topological polar surface area (TPSA) is 26.0 Å². The minimum atomic E-state index is 0.244. The number of hydrogen-bond acceptors (Lipinski definition) is 2. The van der Waals surface area contributed by atoms with Gasteiger partial charge in [0, 0.05) is 11.8 Å². The van der Waals surface area contributed by atoms with E-state index < -0.39 is 0 Å². The average molecular weight is 221 g/mol. The van der Waals surface area contributed by atoms with E-state index in [9.17, 15) is 0 Å². The minimum absolute atomic E-state index is 0.244. The van der Waals surface area contributed by atoms with Crippen molar-refractivity contribution in [1.29, 1.82) is 0 Å². The highest BCUT2D eigenvalue weighted by atomic mass is 32.2. The molecule has 2 N–H and O–H groups in total. The summed E-state index contributed by atoms with van der Waals surface area (Å²) in [6, 6.07) is 7.08. The second-order valence-electron chi connectivity index (χ2n) is 4.56. The lowest BCUT2D eigenvalue weighted by Gasteiger charge is -2.15. The summed E-state index contributed by atoms with van der Waals surface area (Å²) in [6.07, 6.45) is 1.11. The Balaban J connectivity index is 2.39. The summed E-state index contributed by atoms with van der Waals surface area (Å²) >= 11 is 2.00. The first kappa shape index (κ1) is 11.0. The van der Waals surface area contributed by atoms with Crippen LogP contribution in [0.1, 0.15) is 48.9 Å². The summed E-state index contributed by atoms with van der Waals surface area (Å²) in [6.45, 7) is 4.47. The fourth-order valence-corrected chi connectivity index (χ4v) is 3.04. The molecule has 1 atom stereocenters. The van der Waals surface area contributed by atoms with Gasteiger partial charge < -0.3 is 5.73 Å². The third-order valence-electron chi connectivity index (χ3n) is 3.07. The summed E-state index contributed by atoms with van der Waals surface area (Å²) in [4.78, 5) is 0. The maximum Gasteiger partial charge on any atom is 0.0305 e. The van der Waals surface area contributed by atoms with Gasteiger partial charge in [0.25, 0.3) is 0 Å². The molecule has 1 aromatic carbocycles. The number of hydrogen-bond donors (Lipinski definition) is 1. The highest BCUT2D eigenvalue weighted by molar-refractivity contribution is 7.98. The van der Waals surface area contributed by atoms with Crippen molar-refractivity contribution >= 4 is 11.8 Å². The van der Waals surface area contributed by atoms with Crippen molar-refractivity contribution in [2.45, 2.75) is 38.0 Å². The number of thioether (sulfide) groups is 1. The standard InChI is InChI=1S/C13H19NS/c1-9(2)10-3-4-11-8-15-6-5-13(14)12(11)7-10/h3-4,7,9,13H,5-6,8,14H2,1-2H3/t13-/m0/s1. The molecular weight excluding hydrogens is 202 g/mol. The molecule has 82 valence electrons. The third kappa shape index (κ3) is 2.37. The van der Waals surface area contributed by atoms with E-state index in [4.69, 9.17) is 5.73 Å². The SMILES string of the molecule is CC(C)c1ccc2c(c1)[C@@H](N)CCSC2. The fraction of sp³-hybridized carbons (Fsp3) is 0.538. The van der Waals surface area contributed by atoms with Crippen LogP contribution in [0.5, 0.6) is 0 Å². The zero-order valence-electron chi connectivity index (χ0n) is 9.49. The minimum Gasteiger partial charge on any atom is -0.324 e. The second kappa shape index (κ2) is 4.58. The Morgan fingerprint density at radius 3 is 2.93 bits per heavy atom. The molecule has 1 nitrogen and oxygen atoms in total. The molecule has 1 aliphatic heterocycles. The van der Waals surface area contributed by atoms with Gasteiger partial charge >= 0.3 is 0 Å². The van der Waals surface area contributed by atoms with Crippen molar-refractivity contribution in [1.82, 2.24) is 0 Å². The molecule has 2 rings (SSSR count). The van der Waals surface area contributed by atoms with Crippen LogP contribution in [-0.4, -0.2) is 5.75 Å². The molecule has 1 heterocycles. The molecule has 0 saturated heterocycles. The molecular formula is C13H19NS. The molecule has 0 radical (unpaired) electrons. The highest BCUT2D eigenvalue weighted by Crippen LogP contribution is 2.31. The summed E-state index contributed by atoms with van der Waals surface area (Å²) in [5, 5.41) is 0. The van der Waals surface area contributed by atoms with E-state index in [0.717, 1.165) is 12.2 Å². The van der Waals surface area contributed by atoms with Gasteiger partial charge in [0.1, 0.15) is 0 Å². The van der Waals surface area contributed by atoms with Gasteiger partial charge in [-0.1, -0.05) is 32.0 Å². The summed E-state index contributed by atoms with van der Waals surface area (Å²) in [5.41, 5.74) is 10.4. The van der Waals surface area contributed by atoms with Crippen molar-refractivity contribution < 1.29 is 0 Å². The van der Waals surface area contributed by atoms with Crippen molar-refractivity contribution in [3.8, 4) is 0 Å². The van der Waals surface area contributed by atoms with Crippen LogP contribution in [0.3, 0.4) is 0 Å². The summed E-state index contributed by atoms with van der Waals surface area (Å²) in [7, 11) is 0. The van der Waals surface area contributed by atoms with E-state index in [2.05, 4.69) is 32.0 Å². The maximum atomic E-state index is 6.20. The van der Waals surface area contributed by atoms with Gasteiger partial charge in [-0.05, 0) is 34.8 Å². The Bertz CT molecular complexity index is 346. The lowest BCUT2D eigenvalue weighted by Crippen LogP contribution is -2.12. The molecule has 0 saturated carbocycles. The van der Waals surface area contributed by atoms with Gasteiger partial charge in [0.05, 0.1) is 0 Å². The van der Waals surface area contributed by atoms with Crippen molar-refractivity contribution in [2.24, 2.45) is 5.73 Å². The van der Waals surface area contributed by atoms with E-state index in [1.807, 2.05) is 11.8 Å². The van der Waals surface area contributed by atoms with Crippen LogP contribution >= 0.6 is 11.8 Å². The molecule has 0 aromatic heterocycles. The molecule has 0 fully saturated rings. The van der Waals surface area contributed by atoms with Gasteiger partial charge in [-0.2, -0.15) is 11.8 Å². The van der Waals surface area contributed by atoms with E-state index in [1.54, 1.807) is 0 Å². The molecule has 0 spiro atoms. The zero-order chi connectivity index (χ0) is 10.8. The van der Waals surface area contributed by atoms with Crippen LogP contribution in [0.2, 0.25) is 0 Å². The van der Waals surface area contributed by atoms with Crippen molar-refractivity contribution in [3.63, 3.8) is 0 Å². The first-order valence-corrected chi connectivity index (χ1v) is 6.80. The second-order valence-corrected chi connectivity index (χ2v) is 5.67. The van der Waals surface area contributed by atoms with Gasteiger partial charge in [0.2, 0.25) is 0 Å². The number of nitrogens with two attached hydrogens (primary N) is 1. The fourth-order valence-electron chi connectivity index (χ4n) is 2.00. The lowest BCUT2D eigenvalue weighted by molar-refractivity contribution is 0.702. The van der Waals surface area contributed by atoms with Crippen molar-refractivity contribution in [2.75, 3.05) is 5.75 Å². The maximum absolute atomic E-state index is 6.20. The molecule has 2 heteroatoms. The highest BCUT2D eigenvalue weighted by Gasteiger charge is 2.16. The Labute approximate surface area is 96.4 Å². The predicted molar refractivity (Wildman–Crippen MR) is 68.2 cm³/mol. The van der Waals surface area contributed by atoms with E-state index in [1.165, 1.54) is 22.4 Å². The van der Waals surface area contributed by atoms with E-state index in [0.29, 0.717) is 5.92 Å². The van der Waals surface area contributed by atoms with Gasteiger partial charge in [0.15, 0.2) is 0 Å². The Hall–Kier alpha value is -0.470. The monoisotopic (exact) mass is 221 g/mol. The van der Waals surface area contributed by atoms with Crippen LogP contribution in [0.4, 0.5) is 0 Å². The van der Waals surface area contributed by atoms with Crippen molar-refractivity contribution in [3.05, 3.63) is 34.9 Å². The quantitative estimate of drug-likeness (QED) is 0.786. The molecule has 0 bridgehead atoms. The first-order chi connectivity index (χ1) is 7.18. The van der Waals surface area contributed by atoms with Gasteiger partial charge in [-0.15, -0.1) is 0 Å². The largest absolute Gasteiger partial charge is 0.324 e. The predicted octanol–water partition coefficient (Wildman–Crippen LogP) is 3.45. The molecule has 1 aromatic rings. The summed E-state index contributed by atoms with van der Waals surface area (Å²) in [5.74, 6) is 2.91. The van der Waals surface area contributed by atoms with Crippen LogP contribution in [0.25, 0.3) is 0 Å². The Kier molecular flexibility index (Phi) is 3.37. The normalized spacial score (nSPS) is 21.2. The third-order valence-corrected chi connectivity index (χ3v) is 4.11. The molecule has 0 unspecified atom stereocenters. The van der Waals surface area contributed by atoms with Crippen LogP contribution < -0.4 is 5.73 Å². The molecule has 0 amide bonds. The average Bonchev–Trinajstić information content (AvgIpc) is 2.40. The number of fused-ring (bicyclic) bond motifs is 1. The first-order valence-electron chi connectivity index (χ1n) is 5.64. The van der Waals surface area contributed by atoms with Crippen LogP contribution in [0, 0.1) is 0 Å². The molecule has 15 heavy (non-hydrogen) atoms. The Morgan fingerprint density at radius 1 is 1.40 bits per heavy atom. The van der Waals surface area contributed by atoms with Gasteiger partial charge in [-0.25, -0.2) is 0 Å². The lowest BCUT2D eigenvalue weighted by atomic mass is 9.93. The number of rotatable bonds is 1. The van der Waals surface area contributed by atoms with E-state index in [-0.39, 0.29) is 6.04 Å². The smallest absolute Gasteiger partial charge is 0.0305 e. The van der Waals surface area contributed by atoms with Crippen LogP contribution in [0.15, 0.2) is 18.2 Å². The Morgan fingerprint density at radius 2 is 2.20 bits per heavy atom. The number of benzene rings is 1. The zero-order valence-corrected chi connectivity index (χ0v) is 10.3. The van der Waals surface area contributed by atoms with E-state index >= 15 is 0 Å². The molecule has 0 aliphatic carbocycles. The summed E-state index contributed by atoms with van der Waals surface area (Å²) < 4.78 is 0. The van der Waals surface area contributed by atoms with Crippen LogP contribution in [-0.2, 0) is 5.75 Å². The molecule has 1 aliphatic rings.